The zero-order chi connectivity index (χ0) is 16.8. The largest absolute Gasteiger partial charge is 0.372 e. The van der Waals surface area contributed by atoms with Crippen LogP contribution in [0.3, 0.4) is 0 Å². The van der Waals surface area contributed by atoms with Crippen molar-refractivity contribution in [3.63, 3.8) is 0 Å². The highest BCUT2D eigenvalue weighted by atomic mass is 16.5. The zero-order valence-electron chi connectivity index (χ0n) is 14.0. The fourth-order valence-corrected chi connectivity index (χ4v) is 2.88. The van der Waals surface area contributed by atoms with Gasteiger partial charge in [0.1, 0.15) is 5.82 Å². The SMILES string of the molecule is CCc1ncc(C(=O)N2CCCC(OCc3ccccc3)C2)cn1. The standard InChI is InChI=1S/C19H23N3O2/c1-2-18-20-11-16(12-21-18)19(23)22-10-6-9-17(13-22)24-14-15-7-4-3-5-8-15/h3-5,7-8,11-12,17H,2,6,9-10,13-14H2,1H3. The summed E-state index contributed by atoms with van der Waals surface area (Å²) < 4.78 is 6.00. The average Bonchev–Trinajstić information content (AvgIpc) is 2.67. The van der Waals surface area contributed by atoms with Gasteiger partial charge in [0.25, 0.3) is 5.91 Å². The molecule has 0 saturated carbocycles. The second-order valence-electron chi connectivity index (χ2n) is 6.05. The van der Waals surface area contributed by atoms with Crippen molar-refractivity contribution in [2.75, 3.05) is 13.1 Å². The summed E-state index contributed by atoms with van der Waals surface area (Å²) in [6, 6.07) is 10.1. The van der Waals surface area contributed by atoms with Crippen molar-refractivity contribution < 1.29 is 9.53 Å². The molecule has 1 fully saturated rings. The van der Waals surface area contributed by atoms with E-state index in [1.807, 2.05) is 30.0 Å². The Hall–Kier alpha value is -2.27. The molecule has 2 aromatic rings. The van der Waals surface area contributed by atoms with Crippen LogP contribution < -0.4 is 0 Å². The number of piperidine rings is 1. The molecule has 1 amide bonds. The fourth-order valence-electron chi connectivity index (χ4n) is 2.88. The minimum atomic E-state index is -0.00864. The summed E-state index contributed by atoms with van der Waals surface area (Å²) in [6.07, 6.45) is 6.05. The number of nitrogens with zero attached hydrogens (tertiary/aromatic N) is 3. The summed E-state index contributed by atoms with van der Waals surface area (Å²) in [5.74, 6) is 0.750. The lowest BCUT2D eigenvalue weighted by Crippen LogP contribution is -2.43. The Labute approximate surface area is 142 Å². The zero-order valence-corrected chi connectivity index (χ0v) is 14.0. The lowest BCUT2D eigenvalue weighted by molar-refractivity contribution is -0.00675. The Bertz CT molecular complexity index is 658. The van der Waals surface area contributed by atoms with E-state index in [9.17, 15) is 4.79 Å². The second-order valence-corrected chi connectivity index (χ2v) is 6.05. The summed E-state index contributed by atoms with van der Waals surface area (Å²) in [6.45, 7) is 3.97. The molecule has 0 spiro atoms. The summed E-state index contributed by atoms with van der Waals surface area (Å²) in [4.78, 5) is 22.9. The van der Waals surface area contributed by atoms with Crippen LogP contribution in [0.25, 0.3) is 0 Å². The van der Waals surface area contributed by atoms with Crippen molar-refractivity contribution in [2.24, 2.45) is 0 Å². The smallest absolute Gasteiger partial charge is 0.257 e. The molecule has 5 heteroatoms. The third kappa shape index (κ3) is 4.17. The van der Waals surface area contributed by atoms with E-state index >= 15 is 0 Å². The first-order chi connectivity index (χ1) is 11.8. The number of ether oxygens (including phenoxy) is 1. The number of rotatable bonds is 5. The predicted molar refractivity (Wildman–Crippen MR) is 91.6 cm³/mol. The van der Waals surface area contributed by atoms with E-state index in [0.717, 1.165) is 37.2 Å². The maximum Gasteiger partial charge on any atom is 0.257 e. The molecule has 1 aromatic heterocycles. The van der Waals surface area contributed by atoms with Crippen molar-refractivity contribution in [1.29, 1.82) is 0 Å². The molecule has 126 valence electrons. The van der Waals surface area contributed by atoms with Gasteiger partial charge in [0.15, 0.2) is 0 Å². The van der Waals surface area contributed by atoms with Gasteiger partial charge in [-0.15, -0.1) is 0 Å². The minimum Gasteiger partial charge on any atom is -0.372 e. The number of carbonyl (C=O) groups is 1. The number of likely N-dealkylation sites (tertiary alicyclic amines) is 1. The fraction of sp³-hybridized carbons (Fsp3) is 0.421. The number of carbonyl (C=O) groups excluding carboxylic acids is 1. The van der Waals surface area contributed by atoms with Gasteiger partial charge in [-0.3, -0.25) is 4.79 Å². The van der Waals surface area contributed by atoms with Crippen LogP contribution in [0.2, 0.25) is 0 Å². The lowest BCUT2D eigenvalue weighted by atomic mass is 10.1. The number of hydrogen-bond acceptors (Lipinski definition) is 4. The quantitative estimate of drug-likeness (QED) is 0.848. The van der Waals surface area contributed by atoms with Crippen molar-refractivity contribution in [3.05, 3.63) is 59.7 Å². The Balaban J connectivity index is 1.57. The van der Waals surface area contributed by atoms with E-state index in [1.54, 1.807) is 12.4 Å². The third-order valence-electron chi connectivity index (χ3n) is 4.26. The minimum absolute atomic E-state index is 0.00864. The number of benzene rings is 1. The molecule has 0 radical (unpaired) electrons. The Morgan fingerprint density at radius 1 is 1.25 bits per heavy atom. The third-order valence-corrected chi connectivity index (χ3v) is 4.26. The maximum atomic E-state index is 12.6. The van der Waals surface area contributed by atoms with E-state index in [4.69, 9.17) is 4.74 Å². The molecule has 1 saturated heterocycles. The van der Waals surface area contributed by atoms with E-state index in [2.05, 4.69) is 22.1 Å². The molecule has 3 rings (SSSR count). The summed E-state index contributed by atoms with van der Waals surface area (Å²) >= 11 is 0. The molecule has 24 heavy (non-hydrogen) atoms. The van der Waals surface area contributed by atoms with Gasteiger partial charge < -0.3 is 9.64 Å². The molecule has 1 aliphatic heterocycles. The van der Waals surface area contributed by atoms with Crippen LogP contribution >= 0.6 is 0 Å². The normalized spacial score (nSPS) is 17.7. The van der Waals surface area contributed by atoms with Crippen LogP contribution in [0.5, 0.6) is 0 Å². The van der Waals surface area contributed by atoms with Gasteiger partial charge in [-0.25, -0.2) is 9.97 Å². The first-order valence-electron chi connectivity index (χ1n) is 8.52. The molecule has 0 bridgehead atoms. The van der Waals surface area contributed by atoms with E-state index in [-0.39, 0.29) is 12.0 Å². The summed E-state index contributed by atoms with van der Waals surface area (Å²) in [5.41, 5.74) is 1.71. The van der Waals surface area contributed by atoms with Crippen LogP contribution in [0.1, 0.15) is 41.5 Å². The van der Waals surface area contributed by atoms with Crippen molar-refractivity contribution in [3.8, 4) is 0 Å². The number of amides is 1. The molecule has 5 nitrogen and oxygen atoms in total. The second kappa shape index (κ2) is 8.02. The molecule has 1 atom stereocenters. The van der Waals surface area contributed by atoms with E-state index < -0.39 is 0 Å². The number of hydrogen-bond donors (Lipinski definition) is 0. The van der Waals surface area contributed by atoms with Gasteiger partial charge in [0.2, 0.25) is 0 Å². The highest BCUT2D eigenvalue weighted by molar-refractivity contribution is 5.93. The topological polar surface area (TPSA) is 55.3 Å². The van der Waals surface area contributed by atoms with Gasteiger partial charge in [-0.2, -0.15) is 0 Å². The first-order valence-corrected chi connectivity index (χ1v) is 8.52. The summed E-state index contributed by atoms with van der Waals surface area (Å²) in [5, 5.41) is 0. The average molecular weight is 325 g/mol. The van der Waals surface area contributed by atoms with Gasteiger partial charge in [0.05, 0.1) is 18.3 Å². The predicted octanol–water partition coefficient (Wildman–Crippen LogP) is 2.86. The lowest BCUT2D eigenvalue weighted by Gasteiger charge is -2.32. The van der Waals surface area contributed by atoms with Crippen LogP contribution in [-0.2, 0) is 17.8 Å². The monoisotopic (exact) mass is 325 g/mol. The molecular weight excluding hydrogens is 302 g/mol. The molecule has 2 heterocycles. The molecule has 0 N–H and O–H groups in total. The van der Waals surface area contributed by atoms with Gasteiger partial charge in [-0.1, -0.05) is 37.3 Å². The van der Waals surface area contributed by atoms with Gasteiger partial charge in [-0.05, 0) is 18.4 Å². The Kier molecular flexibility index (Phi) is 5.54. The summed E-state index contributed by atoms with van der Waals surface area (Å²) in [7, 11) is 0. The van der Waals surface area contributed by atoms with Gasteiger partial charge in [0, 0.05) is 31.9 Å². The molecule has 1 aliphatic rings. The highest BCUT2D eigenvalue weighted by Gasteiger charge is 2.25. The van der Waals surface area contributed by atoms with Crippen LogP contribution in [0.15, 0.2) is 42.7 Å². The maximum absolute atomic E-state index is 12.6. The molecule has 1 aromatic carbocycles. The van der Waals surface area contributed by atoms with Crippen LogP contribution in [0.4, 0.5) is 0 Å². The van der Waals surface area contributed by atoms with E-state index in [0.29, 0.717) is 18.7 Å². The Morgan fingerprint density at radius 2 is 2.00 bits per heavy atom. The number of aryl methyl sites for hydroxylation is 1. The highest BCUT2D eigenvalue weighted by Crippen LogP contribution is 2.17. The van der Waals surface area contributed by atoms with Crippen molar-refractivity contribution >= 4 is 5.91 Å². The molecule has 1 unspecified atom stereocenters. The van der Waals surface area contributed by atoms with Crippen molar-refractivity contribution in [2.45, 2.75) is 38.9 Å². The van der Waals surface area contributed by atoms with Gasteiger partial charge >= 0.3 is 0 Å². The van der Waals surface area contributed by atoms with Crippen LogP contribution in [0, 0.1) is 0 Å². The molecular formula is C19H23N3O2. The Morgan fingerprint density at radius 3 is 2.71 bits per heavy atom. The molecule has 0 aliphatic carbocycles. The van der Waals surface area contributed by atoms with Crippen molar-refractivity contribution in [1.82, 2.24) is 14.9 Å². The first kappa shape index (κ1) is 16.6. The number of aromatic nitrogens is 2. The van der Waals surface area contributed by atoms with Crippen LogP contribution in [-0.4, -0.2) is 40.0 Å². The van der Waals surface area contributed by atoms with E-state index in [1.165, 1.54) is 0 Å².